The van der Waals surface area contributed by atoms with E-state index in [1.807, 2.05) is 12.1 Å². The number of halogens is 2. The molecule has 2 amide bonds. The van der Waals surface area contributed by atoms with Gasteiger partial charge in [-0.1, -0.05) is 27.5 Å². The summed E-state index contributed by atoms with van der Waals surface area (Å²) in [7, 11) is 1.44. The van der Waals surface area contributed by atoms with E-state index in [0.29, 0.717) is 17.1 Å². The summed E-state index contributed by atoms with van der Waals surface area (Å²) in [5.74, 6) is -0.311. The van der Waals surface area contributed by atoms with Gasteiger partial charge in [0.1, 0.15) is 5.75 Å². The molecule has 0 radical (unpaired) electrons. The molecular weight excluding hydrogens is 384 g/mol. The zero-order valence-electron chi connectivity index (χ0n) is 12.4. The molecule has 0 atom stereocenters. The van der Waals surface area contributed by atoms with E-state index in [1.165, 1.54) is 26.2 Å². The Balaban J connectivity index is 2.30. The van der Waals surface area contributed by atoms with Crippen molar-refractivity contribution in [1.29, 1.82) is 0 Å². The van der Waals surface area contributed by atoms with Crippen LogP contribution in [0.15, 0.2) is 40.9 Å². The molecular formula is C16H14BrClN2O3. The molecule has 5 nitrogen and oxygen atoms in total. The van der Waals surface area contributed by atoms with Gasteiger partial charge in [0, 0.05) is 23.2 Å². The number of nitrogens with one attached hydrogen (secondary N) is 2. The standard InChI is InChI=1S/C16H14BrClN2O3/c1-9(21)19-14-8-15(23-2)12(7-13(14)18)16(22)20-11-5-3-10(17)4-6-11/h3-8H,1-2H3,(H,19,21)(H,20,22). The lowest BCUT2D eigenvalue weighted by atomic mass is 10.1. The molecule has 0 aromatic heterocycles. The molecule has 7 heteroatoms. The second-order valence-electron chi connectivity index (χ2n) is 4.67. The maximum atomic E-state index is 12.4. The zero-order chi connectivity index (χ0) is 17.0. The molecule has 0 aliphatic carbocycles. The van der Waals surface area contributed by atoms with Crippen molar-refractivity contribution in [2.75, 3.05) is 17.7 Å². The highest BCUT2D eigenvalue weighted by Crippen LogP contribution is 2.31. The maximum Gasteiger partial charge on any atom is 0.259 e. The summed E-state index contributed by atoms with van der Waals surface area (Å²) >= 11 is 9.45. The van der Waals surface area contributed by atoms with Crippen molar-refractivity contribution in [2.24, 2.45) is 0 Å². The van der Waals surface area contributed by atoms with Crippen LogP contribution in [0.1, 0.15) is 17.3 Å². The van der Waals surface area contributed by atoms with E-state index in [4.69, 9.17) is 16.3 Å². The summed E-state index contributed by atoms with van der Waals surface area (Å²) in [5, 5.41) is 5.60. The highest BCUT2D eigenvalue weighted by atomic mass is 79.9. The SMILES string of the molecule is COc1cc(NC(C)=O)c(Cl)cc1C(=O)Nc1ccc(Br)cc1. The van der Waals surface area contributed by atoms with E-state index in [9.17, 15) is 9.59 Å². The Labute approximate surface area is 147 Å². The minimum absolute atomic E-state index is 0.252. The summed E-state index contributed by atoms with van der Waals surface area (Å²) < 4.78 is 6.14. The van der Waals surface area contributed by atoms with Gasteiger partial charge in [-0.15, -0.1) is 0 Å². The van der Waals surface area contributed by atoms with Crippen LogP contribution in [0, 0.1) is 0 Å². The predicted octanol–water partition coefficient (Wildman–Crippen LogP) is 4.32. The fourth-order valence-corrected chi connectivity index (χ4v) is 2.39. The van der Waals surface area contributed by atoms with Crippen LogP contribution in [0.3, 0.4) is 0 Å². The van der Waals surface area contributed by atoms with Crippen molar-refractivity contribution in [1.82, 2.24) is 0 Å². The van der Waals surface area contributed by atoms with Gasteiger partial charge in [0.2, 0.25) is 5.91 Å². The number of benzene rings is 2. The highest BCUT2D eigenvalue weighted by Gasteiger charge is 2.16. The summed E-state index contributed by atoms with van der Waals surface area (Å²) in [5.41, 5.74) is 1.30. The van der Waals surface area contributed by atoms with Crippen LogP contribution < -0.4 is 15.4 Å². The third kappa shape index (κ3) is 4.46. The molecule has 0 fully saturated rings. The third-order valence-corrected chi connectivity index (χ3v) is 3.79. The molecule has 0 bridgehead atoms. The van der Waals surface area contributed by atoms with E-state index >= 15 is 0 Å². The number of methoxy groups -OCH3 is 1. The zero-order valence-corrected chi connectivity index (χ0v) is 14.8. The van der Waals surface area contributed by atoms with Crippen molar-refractivity contribution in [3.8, 4) is 5.75 Å². The van der Waals surface area contributed by atoms with E-state index in [0.717, 1.165) is 4.47 Å². The second-order valence-corrected chi connectivity index (χ2v) is 6.00. The molecule has 0 saturated heterocycles. The molecule has 120 valence electrons. The molecule has 0 saturated carbocycles. The molecule has 2 N–H and O–H groups in total. The smallest absolute Gasteiger partial charge is 0.259 e. The topological polar surface area (TPSA) is 67.4 Å². The van der Waals surface area contributed by atoms with Crippen molar-refractivity contribution in [3.05, 3.63) is 51.5 Å². The highest BCUT2D eigenvalue weighted by molar-refractivity contribution is 9.10. The Kier molecular flexibility index (Phi) is 5.63. The van der Waals surface area contributed by atoms with Crippen molar-refractivity contribution < 1.29 is 14.3 Å². The number of ether oxygens (including phenoxy) is 1. The molecule has 0 heterocycles. The van der Waals surface area contributed by atoms with Crippen LogP contribution in [0.4, 0.5) is 11.4 Å². The van der Waals surface area contributed by atoms with Crippen molar-refractivity contribution in [3.63, 3.8) is 0 Å². The molecule has 2 rings (SSSR count). The van der Waals surface area contributed by atoms with Crippen LogP contribution in [0.2, 0.25) is 5.02 Å². The van der Waals surface area contributed by atoms with Crippen LogP contribution in [0.25, 0.3) is 0 Å². The third-order valence-electron chi connectivity index (χ3n) is 2.95. The fourth-order valence-electron chi connectivity index (χ4n) is 1.92. The van der Waals surface area contributed by atoms with Gasteiger partial charge in [0.25, 0.3) is 5.91 Å². The molecule has 0 unspecified atom stereocenters. The van der Waals surface area contributed by atoms with Gasteiger partial charge in [-0.05, 0) is 30.3 Å². The lowest BCUT2D eigenvalue weighted by molar-refractivity contribution is -0.114. The van der Waals surface area contributed by atoms with Gasteiger partial charge < -0.3 is 15.4 Å². The monoisotopic (exact) mass is 396 g/mol. The van der Waals surface area contributed by atoms with Crippen LogP contribution in [-0.2, 0) is 4.79 Å². The number of rotatable bonds is 4. The van der Waals surface area contributed by atoms with E-state index in [2.05, 4.69) is 26.6 Å². The quantitative estimate of drug-likeness (QED) is 0.807. The number of hydrogen-bond acceptors (Lipinski definition) is 3. The van der Waals surface area contributed by atoms with E-state index < -0.39 is 0 Å². The normalized spacial score (nSPS) is 10.1. The second kappa shape index (κ2) is 7.48. The summed E-state index contributed by atoms with van der Waals surface area (Å²) in [6.07, 6.45) is 0. The first kappa shape index (κ1) is 17.3. The minimum atomic E-state index is -0.361. The van der Waals surface area contributed by atoms with Crippen LogP contribution in [-0.4, -0.2) is 18.9 Å². The summed E-state index contributed by atoms with van der Waals surface area (Å²) in [6, 6.07) is 10.1. The molecule has 0 aliphatic rings. The maximum absolute atomic E-state index is 12.4. The van der Waals surface area contributed by atoms with Crippen molar-refractivity contribution in [2.45, 2.75) is 6.92 Å². The van der Waals surface area contributed by atoms with Crippen LogP contribution in [0.5, 0.6) is 5.75 Å². The van der Waals surface area contributed by atoms with Crippen LogP contribution >= 0.6 is 27.5 Å². The largest absolute Gasteiger partial charge is 0.496 e. The lowest BCUT2D eigenvalue weighted by Gasteiger charge is -2.13. The van der Waals surface area contributed by atoms with Gasteiger partial charge in [-0.3, -0.25) is 9.59 Å². The molecule has 0 spiro atoms. The summed E-state index contributed by atoms with van der Waals surface area (Å²) in [6.45, 7) is 1.37. The Morgan fingerprint density at radius 1 is 1.13 bits per heavy atom. The molecule has 2 aromatic carbocycles. The Morgan fingerprint density at radius 3 is 2.35 bits per heavy atom. The number of carbonyl (C=O) groups is 2. The van der Waals surface area contributed by atoms with Gasteiger partial charge in [0.05, 0.1) is 23.4 Å². The summed E-state index contributed by atoms with van der Waals surface area (Å²) in [4.78, 5) is 23.6. The Morgan fingerprint density at radius 2 is 1.78 bits per heavy atom. The predicted molar refractivity (Wildman–Crippen MR) is 94.4 cm³/mol. The Bertz CT molecular complexity index is 748. The number of carbonyl (C=O) groups excluding carboxylic acids is 2. The molecule has 23 heavy (non-hydrogen) atoms. The van der Waals surface area contributed by atoms with Gasteiger partial charge in [-0.25, -0.2) is 0 Å². The van der Waals surface area contributed by atoms with Crippen molar-refractivity contribution >= 4 is 50.7 Å². The number of hydrogen-bond donors (Lipinski definition) is 2. The molecule has 0 aliphatic heterocycles. The Hall–Kier alpha value is -2.05. The molecule has 2 aromatic rings. The first-order chi connectivity index (χ1) is 10.9. The van der Waals surface area contributed by atoms with Gasteiger partial charge in [-0.2, -0.15) is 0 Å². The first-order valence-corrected chi connectivity index (χ1v) is 7.80. The van der Waals surface area contributed by atoms with Gasteiger partial charge >= 0.3 is 0 Å². The van der Waals surface area contributed by atoms with E-state index in [-0.39, 0.29) is 22.4 Å². The average molecular weight is 398 g/mol. The van der Waals surface area contributed by atoms with E-state index in [1.54, 1.807) is 12.1 Å². The average Bonchev–Trinajstić information content (AvgIpc) is 2.50. The first-order valence-electron chi connectivity index (χ1n) is 6.62. The van der Waals surface area contributed by atoms with Gasteiger partial charge in [0.15, 0.2) is 0 Å². The number of amides is 2. The lowest BCUT2D eigenvalue weighted by Crippen LogP contribution is -2.14. The number of anilines is 2. The minimum Gasteiger partial charge on any atom is -0.496 e. The fraction of sp³-hybridized carbons (Fsp3) is 0.125.